The Morgan fingerprint density at radius 1 is 0.949 bits per heavy atom. The third-order valence-corrected chi connectivity index (χ3v) is 6.64. The third kappa shape index (κ3) is 13.2. The van der Waals surface area contributed by atoms with Crippen molar-refractivity contribution in [2.24, 2.45) is 17.6 Å². The summed E-state index contributed by atoms with van der Waals surface area (Å²) in [7, 11) is 0. The lowest BCUT2D eigenvalue weighted by Crippen LogP contribution is -2.06. The Kier molecular flexibility index (Phi) is 19.6. The van der Waals surface area contributed by atoms with Crippen molar-refractivity contribution >= 4 is 0 Å². The zero-order chi connectivity index (χ0) is 29.8. The summed E-state index contributed by atoms with van der Waals surface area (Å²) in [5.74, 6) is 1.81. The Balaban J connectivity index is 0.000000611. The predicted molar refractivity (Wildman–Crippen MR) is 178 cm³/mol. The summed E-state index contributed by atoms with van der Waals surface area (Å²) >= 11 is 0. The van der Waals surface area contributed by atoms with Crippen molar-refractivity contribution in [3.63, 3.8) is 0 Å². The molecular formula is C38H59N. The zero-order valence-corrected chi connectivity index (χ0v) is 27.0. The number of rotatable bonds is 7. The first-order valence-corrected chi connectivity index (χ1v) is 15.4. The maximum absolute atomic E-state index is 5.65. The Morgan fingerprint density at radius 3 is 1.87 bits per heavy atom. The van der Waals surface area contributed by atoms with Gasteiger partial charge in [-0.05, 0) is 73.6 Å². The van der Waals surface area contributed by atoms with Crippen LogP contribution in [0.4, 0.5) is 0 Å². The number of hydrogen-bond donors (Lipinski definition) is 1. The smallest absolute Gasteiger partial charge is 0.0348 e. The van der Waals surface area contributed by atoms with E-state index in [2.05, 4.69) is 121 Å². The van der Waals surface area contributed by atoms with Gasteiger partial charge in [0.2, 0.25) is 0 Å². The molecule has 0 saturated heterocycles. The summed E-state index contributed by atoms with van der Waals surface area (Å²) in [4.78, 5) is 0. The molecule has 2 aliphatic rings. The minimum absolute atomic E-state index is 0.553. The Bertz CT molecular complexity index is 1010. The van der Waals surface area contributed by atoms with E-state index in [9.17, 15) is 0 Å². The van der Waals surface area contributed by atoms with Gasteiger partial charge in [-0.25, -0.2) is 0 Å². The molecule has 2 aromatic carbocycles. The molecule has 0 saturated carbocycles. The van der Waals surface area contributed by atoms with Gasteiger partial charge in [-0.2, -0.15) is 0 Å². The minimum Gasteiger partial charge on any atom is -0.402 e. The highest BCUT2D eigenvalue weighted by Gasteiger charge is 2.33. The number of allylic oxidation sites excluding steroid dienone is 7. The average Bonchev–Trinajstić information content (AvgIpc) is 3.67. The van der Waals surface area contributed by atoms with Crippen LogP contribution in [0.15, 0.2) is 96.3 Å². The van der Waals surface area contributed by atoms with Gasteiger partial charge in [0.15, 0.2) is 0 Å². The van der Waals surface area contributed by atoms with Crippen molar-refractivity contribution in [1.29, 1.82) is 0 Å². The zero-order valence-electron chi connectivity index (χ0n) is 27.0. The van der Waals surface area contributed by atoms with Crippen LogP contribution < -0.4 is 5.73 Å². The van der Waals surface area contributed by atoms with Crippen LogP contribution in [0.1, 0.15) is 123 Å². The van der Waals surface area contributed by atoms with E-state index in [-0.39, 0.29) is 0 Å². The van der Waals surface area contributed by atoms with Crippen molar-refractivity contribution < 1.29 is 0 Å². The topological polar surface area (TPSA) is 26.0 Å². The molecule has 1 nitrogen and oxygen atoms in total. The van der Waals surface area contributed by atoms with E-state index in [1.807, 2.05) is 27.7 Å². The average molecular weight is 530 g/mol. The molecule has 0 amide bonds. The fraction of sp³-hybridized carbons (Fsp3) is 0.474. The van der Waals surface area contributed by atoms with Gasteiger partial charge in [-0.3, -0.25) is 0 Å². The van der Waals surface area contributed by atoms with Gasteiger partial charge in [-0.15, -0.1) is 0 Å². The van der Waals surface area contributed by atoms with Crippen LogP contribution in [-0.4, -0.2) is 0 Å². The largest absolute Gasteiger partial charge is 0.402 e. The lowest BCUT2D eigenvalue weighted by molar-refractivity contribution is 0.636. The summed E-state index contributed by atoms with van der Waals surface area (Å²) < 4.78 is 0. The molecule has 1 atom stereocenters. The van der Waals surface area contributed by atoms with Crippen LogP contribution in [0.25, 0.3) is 0 Å². The standard InChI is InChI=1S/C17H27N.C14H12.C3H8.2C2H6/c1-5-17(13(2)3)11-10-15-6-8-16(9-7-15)12-14(4)18;1-10-6-2-3-7-11(10)14-12-8-4-5-9-13(12)14;1-3-2;2*1-2/h5-8,13,16H,4,9-12,18H2,1-3H3;2-9,14H,1H3;3H2,1-2H3;2*1-2H3/b17-5+;;;;. The van der Waals surface area contributed by atoms with Gasteiger partial charge in [0.05, 0.1) is 0 Å². The first-order valence-electron chi connectivity index (χ1n) is 15.4. The molecule has 39 heavy (non-hydrogen) atoms. The highest BCUT2D eigenvalue weighted by atomic mass is 14.6. The first kappa shape index (κ1) is 36.2. The van der Waals surface area contributed by atoms with Crippen LogP contribution in [0.2, 0.25) is 0 Å². The van der Waals surface area contributed by atoms with E-state index in [0.717, 1.165) is 25.0 Å². The van der Waals surface area contributed by atoms with Gasteiger partial charge in [0, 0.05) is 11.6 Å². The number of nitrogens with two attached hydrogens (primary N) is 1. The highest BCUT2D eigenvalue weighted by Crippen LogP contribution is 2.48. The number of hydrogen-bond acceptors (Lipinski definition) is 1. The van der Waals surface area contributed by atoms with Crippen LogP contribution in [-0.2, 0) is 0 Å². The van der Waals surface area contributed by atoms with Gasteiger partial charge in [0.25, 0.3) is 0 Å². The summed E-state index contributed by atoms with van der Waals surface area (Å²) in [6, 6.07) is 17.4. The molecule has 2 N–H and O–H groups in total. The number of aryl methyl sites for hydroxylation is 1. The van der Waals surface area contributed by atoms with E-state index in [1.165, 1.54) is 40.7 Å². The maximum atomic E-state index is 5.65. The minimum atomic E-state index is 0.553. The fourth-order valence-corrected chi connectivity index (χ4v) is 4.64. The first-order chi connectivity index (χ1) is 18.8. The summed E-state index contributed by atoms with van der Waals surface area (Å²) in [5, 5.41) is 0. The van der Waals surface area contributed by atoms with Crippen molar-refractivity contribution in [2.75, 3.05) is 0 Å². The Morgan fingerprint density at radius 2 is 1.46 bits per heavy atom. The van der Waals surface area contributed by atoms with Crippen LogP contribution in [0.5, 0.6) is 0 Å². The molecule has 1 heteroatoms. The molecule has 0 heterocycles. The lowest BCUT2D eigenvalue weighted by Gasteiger charge is -2.17. The number of fused-ring (bicyclic) bond motifs is 1. The van der Waals surface area contributed by atoms with Crippen LogP contribution >= 0.6 is 0 Å². The van der Waals surface area contributed by atoms with Crippen molar-refractivity contribution in [3.05, 3.63) is 119 Å². The second kappa shape index (κ2) is 21.1. The second-order valence-corrected chi connectivity index (χ2v) is 10.1. The van der Waals surface area contributed by atoms with Crippen LogP contribution in [0, 0.1) is 18.8 Å². The van der Waals surface area contributed by atoms with Crippen LogP contribution in [0.3, 0.4) is 0 Å². The summed E-state index contributed by atoms with van der Waals surface area (Å²) in [6.07, 6.45) is 14.8. The molecule has 2 aromatic rings. The van der Waals surface area contributed by atoms with Gasteiger partial charge < -0.3 is 5.73 Å². The Labute approximate surface area is 243 Å². The molecule has 0 aromatic heterocycles. The molecule has 2 aliphatic carbocycles. The van der Waals surface area contributed by atoms with E-state index in [1.54, 1.807) is 5.57 Å². The quantitative estimate of drug-likeness (QED) is 0.303. The normalized spacial score (nSPS) is 15.0. The van der Waals surface area contributed by atoms with E-state index in [4.69, 9.17) is 5.73 Å². The SMILES string of the molecule is C=C(N)CC1C=CC(CC/C(=C\C)C(C)C)=CC1.CC.CC.CCC.Cc1ccccc1C1c2ccccc21. The molecule has 0 radical (unpaired) electrons. The van der Waals surface area contributed by atoms with Gasteiger partial charge in [-0.1, -0.05) is 152 Å². The van der Waals surface area contributed by atoms with E-state index < -0.39 is 0 Å². The molecular weight excluding hydrogens is 470 g/mol. The Hall–Kier alpha value is -2.80. The van der Waals surface area contributed by atoms with Crippen molar-refractivity contribution in [1.82, 2.24) is 0 Å². The molecule has 0 aliphatic heterocycles. The monoisotopic (exact) mass is 529 g/mol. The van der Waals surface area contributed by atoms with E-state index in [0.29, 0.717) is 17.8 Å². The van der Waals surface area contributed by atoms with Gasteiger partial charge in [0.1, 0.15) is 0 Å². The highest BCUT2D eigenvalue weighted by molar-refractivity contribution is 5.61. The van der Waals surface area contributed by atoms with E-state index >= 15 is 0 Å². The lowest BCUT2D eigenvalue weighted by atomic mass is 9.89. The summed E-state index contributed by atoms with van der Waals surface area (Å²) in [6.45, 7) is 24.9. The number of benzene rings is 2. The van der Waals surface area contributed by atoms with Crippen molar-refractivity contribution in [2.45, 2.75) is 107 Å². The molecule has 4 rings (SSSR count). The molecule has 0 spiro atoms. The van der Waals surface area contributed by atoms with Crippen molar-refractivity contribution in [3.8, 4) is 0 Å². The molecule has 216 valence electrons. The molecule has 0 fully saturated rings. The third-order valence-electron chi connectivity index (χ3n) is 6.64. The second-order valence-electron chi connectivity index (χ2n) is 10.1. The van der Waals surface area contributed by atoms with Gasteiger partial charge >= 0.3 is 0 Å². The maximum Gasteiger partial charge on any atom is 0.0348 e. The molecule has 1 unspecified atom stereocenters. The predicted octanol–water partition coefficient (Wildman–Crippen LogP) is 11.7. The fourth-order valence-electron chi connectivity index (χ4n) is 4.64. The summed E-state index contributed by atoms with van der Waals surface area (Å²) in [5.41, 5.74) is 15.3. The molecule has 0 bridgehead atoms.